The van der Waals surface area contributed by atoms with Crippen LogP contribution in [0.1, 0.15) is 11.1 Å². The van der Waals surface area contributed by atoms with E-state index in [0.29, 0.717) is 11.1 Å². The van der Waals surface area contributed by atoms with E-state index < -0.39 is 62.6 Å². The Labute approximate surface area is 237 Å². The number of halogens is 6. The van der Waals surface area contributed by atoms with Crippen molar-refractivity contribution in [2.75, 3.05) is 6.61 Å². The third kappa shape index (κ3) is 8.90. The molecule has 1 heterocycles. The van der Waals surface area contributed by atoms with Gasteiger partial charge in [0, 0.05) is 0 Å². The zero-order chi connectivity index (χ0) is 28.8. The predicted molar refractivity (Wildman–Crippen MR) is 135 cm³/mol. The highest BCUT2D eigenvalue weighted by Gasteiger charge is 2.55. The van der Waals surface area contributed by atoms with E-state index in [-0.39, 0.29) is 13.2 Å². The molecule has 9 nitrogen and oxygen atoms in total. The van der Waals surface area contributed by atoms with Crippen LogP contribution in [0, 0.1) is 5.41 Å². The SMILES string of the molecule is N=C(OC[C@H]1O[C@H](O)[C@@H](OCc2ccccc2)[C@@H](OCc2ccccc2)[C@@H]1OS(=O)(=O)C(F)(F)F)C(Cl)(Cl)Cl. The number of rotatable bonds is 10. The molecule has 0 aromatic heterocycles. The molecule has 39 heavy (non-hydrogen) atoms. The third-order valence-electron chi connectivity index (χ3n) is 5.35. The van der Waals surface area contributed by atoms with Crippen molar-refractivity contribution < 1.29 is 49.8 Å². The van der Waals surface area contributed by atoms with Crippen LogP contribution in [0.3, 0.4) is 0 Å². The van der Waals surface area contributed by atoms with Gasteiger partial charge in [-0.3, -0.25) is 9.59 Å². The number of ether oxygens (including phenoxy) is 4. The lowest BCUT2D eigenvalue weighted by molar-refractivity contribution is -0.303. The largest absolute Gasteiger partial charge is 0.523 e. The fraction of sp³-hybridized carbons (Fsp3) is 0.435. The van der Waals surface area contributed by atoms with Gasteiger partial charge in [-0.2, -0.15) is 21.6 Å². The molecule has 0 radical (unpaired) electrons. The van der Waals surface area contributed by atoms with E-state index in [1.165, 1.54) is 0 Å². The van der Waals surface area contributed by atoms with Gasteiger partial charge in [-0.25, -0.2) is 0 Å². The van der Waals surface area contributed by atoms with Crippen molar-refractivity contribution in [1.82, 2.24) is 0 Å². The summed E-state index contributed by atoms with van der Waals surface area (Å²) < 4.78 is 88.1. The average Bonchev–Trinajstić information content (AvgIpc) is 2.86. The number of hydrogen-bond donors (Lipinski definition) is 2. The van der Waals surface area contributed by atoms with E-state index in [9.17, 15) is 26.7 Å². The van der Waals surface area contributed by atoms with Crippen molar-refractivity contribution in [1.29, 1.82) is 5.41 Å². The van der Waals surface area contributed by atoms with Gasteiger partial charge >= 0.3 is 15.6 Å². The van der Waals surface area contributed by atoms with Gasteiger partial charge < -0.3 is 24.1 Å². The van der Waals surface area contributed by atoms with Crippen LogP contribution < -0.4 is 0 Å². The minimum atomic E-state index is -6.21. The first-order valence-corrected chi connectivity index (χ1v) is 13.7. The molecular formula is C23H23Cl3F3NO8S. The molecule has 1 aliphatic heterocycles. The van der Waals surface area contributed by atoms with Crippen LogP contribution in [0.4, 0.5) is 13.2 Å². The van der Waals surface area contributed by atoms with Gasteiger partial charge in [0.1, 0.15) is 31.0 Å². The number of nitrogens with one attached hydrogen (secondary N) is 1. The lowest BCUT2D eigenvalue weighted by atomic mass is 9.98. The molecule has 1 fully saturated rings. The van der Waals surface area contributed by atoms with E-state index in [0.717, 1.165) is 0 Å². The summed E-state index contributed by atoms with van der Waals surface area (Å²) in [4.78, 5) is 0. The van der Waals surface area contributed by atoms with Crippen molar-refractivity contribution in [3.05, 3.63) is 71.8 Å². The van der Waals surface area contributed by atoms with E-state index in [1.807, 2.05) is 0 Å². The van der Waals surface area contributed by atoms with E-state index in [2.05, 4.69) is 4.18 Å². The van der Waals surface area contributed by atoms with Gasteiger partial charge in [-0.15, -0.1) is 0 Å². The normalized spacial score (nSPS) is 24.3. The first kappa shape index (κ1) is 31.8. The first-order chi connectivity index (χ1) is 18.2. The molecule has 2 aromatic rings. The van der Waals surface area contributed by atoms with E-state index in [1.54, 1.807) is 60.7 Å². The Kier molecular flexibility index (Phi) is 10.9. The maximum absolute atomic E-state index is 13.3. The Morgan fingerprint density at radius 2 is 1.38 bits per heavy atom. The maximum atomic E-state index is 13.3. The summed E-state index contributed by atoms with van der Waals surface area (Å²) in [6.45, 7) is -1.22. The van der Waals surface area contributed by atoms with Gasteiger partial charge in [-0.05, 0) is 11.1 Å². The minimum Gasteiger partial charge on any atom is -0.475 e. The lowest BCUT2D eigenvalue weighted by Gasteiger charge is -2.43. The molecule has 0 aliphatic carbocycles. The topological polar surface area (TPSA) is 124 Å². The van der Waals surface area contributed by atoms with Crippen LogP contribution in [0.15, 0.2) is 60.7 Å². The molecule has 1 aliphatic rings. The van der Waals surface area contributed by atoms with Gasteiger partial charge in [0.05, 0.1) is 13.2 Å². The molecule has 2 aromatic carbocycles. The van der Waals surface area contributed by atoms with Crippen LogP contribution in [0.25, 0.3) is 0 Å². The Morgan fingerprint density at radius 1 is 0.897 bits per heavy atom. The van der Waals surface area contributed by atoms with Crippen LogP contribution in [0.5, 0.6) is 0 Å². The summed E-state index contributed by atoms with van der Waals surface area (Å²) in [7, 11) is -6.21. The number of aliphatic hydroxyl groups is 1. The highest BCUT2D eigenvalue weighted by molar-refractivity contribution is 7.87. The zero-order valence-corrected chi connectivity index (χ0v) is 22.8. The van der Waals surface area contributed by atoms with Crippen LogP contribution in [0.2, 0.25) is 0 Å². The molecule has 0 saturated carbocycles. The molecule has 16 heteroatoms. The summed E-state index contributed by atoms with van der Waals surface area (Å²) in [6.07, 6.45) is -8.84. The van der Waals surface area contributed by atoms with Gasteiger partial charge in [0.25, 0.3) is 3.79 Å². The molecule has 1 saturated heterocycles. The van der Waals surface area contributed by atoms with Crippen LogP contribution in [-0.2, 0) is 46.5 Å². The Bertz CT molecular complexity index is 1190. The maximum Gasteiger partial charge on any atom is 0.523 e. The predicted octanol–water partition coefficient (Wildman–Crippen LogP) is 4.47. The number of aliphatic hydroxyl groups excluding tert-OH is 1. The Balaban J connectivity index is 1.95. The van der Waals surface area contributed by atoms with Crippen molar-refractivity contribution in [2.24, 2.45) is 0 Å². The molecule has 2 N–H and O–H groups in total. The van der Waals surface area contributed by atoms with Crippen molar-refractivity contribution in [2.45, 2.75) is 53.2 Å². The second-order valence-corrected chi connectivity index (χ2v) is 12.0. The lowest BCUT2D eigenvalue weighted by Crippen LogP contribution is -2.62. The van der Waals surface area contributed by atoms with Gasteiger partial charge in [-0.1, -0.05) is 95.5 Å². The molecule has 0 bridgehead atoms. The fourth-order valence-corrected chi connectivity index (χ4v) is 4.29. The Hall–Kier alpha value is -1.68. The summed E-state index contributed by atoms with van der Waals surface area (Å²) in [5.74, 6) is -0.938. The van der Waals surface area contributed by atoms with Crippen molar-refractivity contribution in [3.63, 3.8) is 0 Å². The summed E-state index contributed by atoms with van der Waals surface area (Å²) in [5, 5.41) is 18.4. The third-order valence-corrected chi connectivity index (χ3v) is 6.91. The van der Waals surface area contributed by atoms with Gasteiger partial charge in [0.2, 0.25) is 5.90 Å². The monoisotopic (exact) mass is 635 g/mol. The molecule has 216 valence electrons. The van der Waals surface area contributed by atoms with Crippen LogP contribution >= 0.6 is 34.8 Å². The Morgan fingerprint density at radius 3 is 1.85 bits per heavy atom. The smallest absolute Gasteiger partial charge is 0.475 e. The van der Waals surface area contributed by atoms with Crippen molar-refractivity contribution >= 4 is 50.8 Å². The summed E-state index contributed by atoms with van der Waals surface area (Å²) >= 11 is 16.7. The standard InChI is InChI=1S/C23H23Cl3F3NO8S/c24-22(25,26)21(30)36-13-16-17(38-39(32,33)23(27,28)29)18(34-11-14-7-3-1-4-8-14)19(20(31)37-16)35-12-15-9-5-2-6-10-15/h1-10,16-20,30-31H,11-13H2/t16-,17-,18+,19+,20+/m1/s1. The summed E-state index contributed by atoms with van der Waals surface area (Å²) in [5.41, 5.74) is -4.60. The molecule has 5 atom stereocenters. The van der Waals surface area contributed by atoms with Crippen LogP contribution in [-0.4, -0.2) is 66.0 Å². The second-order valence-electron chi connectivity index (χ2n) is 8.19. The fourth-order valence-electron chi connectivity index (χ4n) is 3.49. The first-order valence-electron chi connectivity index (χ1n) is 11.1. The number of hydrogen-bond acceptors (Lipinski definition) is 9. The molecule has 3 rings (SSSR count). The second kappa shape index (κ2) is 13.3. The molecule has 0 amide bonds. The minimum absolute atomic E-state index is 0.144. The highest BCUT2D eigenvalue weighted by Crippen LogP contribution is 2.35. The van der Waals surface area contributed by atoms with E-state index in [4.69, 9.17) is 59.2 Å². The van der Waals surface area contributed by atoms with E-state index >= 15 is 0 Å². The average molecular weight is 637 g/mol. The van der Waals surface area contributed by atoms with Gasteiger partial charge in [0.15, 0.2) is 6.29 Å². The van der Waals surface area contributed by atoms with Crippen molar-refractivity contribution in [3.8, 4) is 0 Å². The number of alkyl halides is 6. The quantitative estimate of drug-likeness (QED) is 0.129. The summed E-state index contributed by atoms with van der Waals surface area (Å²) in [6, 6.07) is 17.0. The highest BCUT2D eigenvalue weighted by atomic mass is 35.6. The zero-order valence-electron chi connectivity index (χ0n) is 19.8. The molecular weight excluding hydrogens is 614 g/mol. The molecule has 0 unspecified atom stereocenters. The number of benzene rings is 2. The molecule has 0 spiro atoms.